The molecule has 0 unspecified atom stereocenters. The maximum Gasteiger partial charge on any atom is 0.163 e. The lowest BCUT2D eigenvalue weighted by Gasteiger charge is -2.07. The Labute approximate surface area is 113 Å². The van der Waals surface area contributed by atoms with E-state index in [1.807, 2.05) is 0 Å². The van der Waals surface area contributed by atoms with Gasteiger partial charge in [0.2, 0.25) is 0 Å². The summed E-state index contributed by atoms with van der Waals surface area (Å²) in [6.07, 6.45) is 5.73. The molecule has 2 N–H and O–H groups in total. The first-order valence-corrected chi connectivity index (χ1v) is 7.10. The molecular weight excluding hydrogens is 236 g/mol. The van der Waals surface area contributed by atoms with E-state index in [0.717, 1.165) is 36.6 Å². The Bertz CT molecular complexity index is 542. The maximum atomic E-state index is 5.58. The summed E-state index contributed by atoms with van der Waals surface area (Å²) >= 11 is 0. The van der Waals surface area contributed by atoms with Gasteiger partial charge in [-0.1, -0.05) is 30.7 Å². The van der Waals surface area contributed by atoms with E-state index in [9.17, 15) is 0 Å². The van der Waals surface area contributed by atoms with E-state index in [4.69, 9.17) is 5.73 Å². The van der Waals surface area contributed by atoms with Crippen molar-refractivity contribution in [2.75, 3.05) is 6.54 Å². The van der Waals surface area contributed by atoms with Gasteiger partial charge in [-0.05, 0) is 31.4 Å². The second-order valence-electron chi connectivity index (χ2n) is 5.14. The molecule has 2 heterocycles. The highest BCUT2D eigenvalue weighted by molar-refractivity contribution is 5.56. The molecule has 1 aliphatic rings. The summed E-state index contributed by atoms with van der Waals surface area (Å²) in [4.78, 5) is 0. The van der Waals surface area contributed by atoms with Gasteiger partial charge in [0.1, 0.15) is 5.82 Å². The highest BCUT2D eigenvalue weighted by Gasteiger charge is 2.15. The highest BCUT2D eigenvalue weighted by Crippen LogP contribution is 2.22. The molecule has 1 aliphatic heterocycles. The van der Waals surface area contributed by atoms with Crippen molar-refractivity contribution in [1.29, 1.82) is 0 Å². The number of fused-ring (bicyclic) bond motifs is 1. The van der Waals surface area contributed by atoms with Crippen LogP contribution >= 0.6 is 0 Å². The van der Waals surface area contributed by atoms with Gasteiger partial charge < -0.3 is 10.3 Å². The number of nitrogens with two attached hydrogens (primary N) is 1. The first-order chi connectivity index (χ1) is 9.38. The van der Waals surface area contributed by atoms with E-state index in [0.29, 0.717) is 6.54 Å². The van der Waals surface area contributed by atoms with E-state index in [-0.39, 0.29) is 0 Å². The van der Waals surface area contributed by atoms with Crippen molar-refractivity contribution in [3.63, 3.8) is 0 Å². The molecule has 100 valence electrons. The quantitative estimate of drug-likeness (QED) is 0.915. The molecule has 0 bridgehead atoms. The predicted octanol–water partition coefficient (Wildman–Crippen LogP) is 2.17. The molecule has 0 spiro atoms. The van der Waals surface area contributed by atoms with Crippen molar-refractivity contribution in [2.24, 2.45) is 5.73 Å². The van der Waals surface area contributed by atoms with Crippen molar-refractivity contribution in [3.05, 3.63) is 35.7 Å². The summed E-state index contributed by atoms with van der Waals surface area (Å²) in [5.74, 6) is 2.15. The molecule has 3 rings (SSSR count). The number of aryl methyl sites for hydroxylation is 1. The minimum absolute atomic E-state index is 0.694. The van der Waals surface area contributed by atoms with Gasteiger partial charge >= 0.3 is 0 Å². The third kappa shape index (κ3) is 2.54. The van der Waals surface area contributed by atoms with Crippen molar-refractivity contribution in [2.45, 2.75) is 38.6 Å². The average Bonchev–Trinajstić information content (AvgIpc) is 2.69. The zero-order chi connectivity index (χ0) is 13.1. The van der Waals surface area contributed by atoms with E-state index in [1.165, 1.54) is 24.8 Å². The summed E-state index contributed by atoms with van der Waals surface area (Å²) < 4.78 is 2.28. The number of nitrogens with zero attached hydrogens (tertiary/aromatic N) is 3. The van der Waals surface area contributed by atoms with Crippen LogP contribution in [-0.4, -0.2) is 21.3 Å². The third-order valence-electron chi connectivity index (χ3n) is 3.75. The van der Waals surface area contributed by atoms with Crippen LogP contribution in [0.3, 0.4) is 0 Å². The average molecular weight is 256 g/mol. The fourth-order valence-electron chi connectivity index (χ4n) is 2.69. The number of hydrogen-bond acceptors (Lipinski definition) is 3. The van der Waals surface area contributed by atoms with Gasteiger partial charge in [-0.25, -0.2) is 0 Å². The van der Waals surface area contributed by atoms with Crippen LogP contribution < -0.4 is 5.73 Å². The lowest BCUT2D eigenvalue weighted by molar-refractivity contribution is 0.636. The van der Waals surface area contributed by atoms with Crippen LogP contribution in [-0.2, 0) is 19.4 Å². The number of hydrogen-bond donors (Lipinski definition) is 1. The number of rotatable bonds is 3. The van der Waals surface area contributed by atoms with E-state index in [2.05, 4.69) is 39.0 Å². The van der Waals surface area contributed by atoms with Crippen LogP contribution in [0.4, 0.5) is 0 Å². The zero-order valence-corrected chi connectivity index (χ0v) is 11.2. The van der Waals surface area contributed by atoms with Crippen LogP contribution in [0.2, 0.25) is 0 Å². The lowest BCUT2D eigenvalue weighted by atomic mass is 10.1. The molecule has 2 aromatic rings. The van der Waals surface area contributed by atoms with Gasteiger partial charge in [-0.15, -0.1) is 10.2 Å². The normalized spacial score (nSPS) is 15.0. The van der Waals surface area contributed by atoms with Gasteiger partial charge in [-0.3, -0.25) is 0 Å². The summed E-state index contributed by atoms with van der Waals surface area (Å²) in [5.41, 5.74) is 8.01. The predicted molar refractivity (Wildman–Crippen MR) is 75.8 cm³/mol. The number of aromatic nitrogens is 3. The molecule has 4 heteroatoms. The van der Waals surface area contributed by atoms with Crippen molar-refractivity contribution < 1.29 is 0 Å². The first kappa shape index (κ1) is 12.4. The maximum absolute atomic E-state index is 5.58. The van der Waals surface area contributed by atoms with Crippen molar-refractivity contribution in [1.82, 2.24) is 14.8 Å². The van der Waals surface area contributed by atoms with E-state index >= 15 is 0 Å². The molecule has 0 aliphatic carbocycles. The van der Waals surface area contributed by atoms with Gasteiger partial charge in [-0.2, -0.15) is 0 Å². The van der Waals surface area contributed by atoms with Gasteiger partial charge in [0.05, 0.1) is 0 Å². The van der Waals surface area contributed by atoms with Crippen LogP contribution in [0, 0.1) is 0 Å². The molecule has 4 nitrogen and oxygen atoms in total. The monoisotopic (exact) mass is 256 g/mol. The molecule has 0 saturated heterocycles. The molecule has 1 aromatic carbocycles. The van der Waals surface area contributed by atoms with E-state index < -0.39 is 0 Å². The van der Waals surface area contributed by atoms with Crippen molar-refractivity contribution >= 4 is 0 Å². The SMILES string of the molecule is NCCc1ccc(-c2nnc3n2CCCCC3)cc1. The summed E-state index contributed by atoms with van der Waals surface area (Å²) in [5, 5.41) is 8.72. The Balaban J connectivity index is 1.91. The standard InChI is InChI=1S/C15H20N4/c16-10-9-12-5-7-13(8-6-12)15-18-17-14-4-2-1-3-11-19(14)15/h5-8H,1-4,9-11,16H2. The van der Waals surface area contributed by atoms with Crippen LogP contribution in [0.15, 0.2) is 24.3 Å². The van der Waals surface area contributed by atoms with Gasteiger partial charge in [0, 0.05) is 18.5 Å². The Morgan fingerprint density at radius 1 is 1.05 bits per heavy atom. The molecular formula is C15H20N4. The molecule has 0 atom stereocenters. The number of benzene rings is 1. The summed E-state index contributed by atoms with van der Waals surface area (Å²) in [7, 11) is 0. The Morgan fingerprint density at radius 2 is 1.89 bits per heavy atom. The molecule has 19 heavy (non-hydrogen) atoms. The zero-order valence-electron chi connectivity index (χ0n) is 11.2. The Kier molecular flexibility index (Phi) is 3.60. The summed E-state index contributed by atoms with van der Waals surface area (Å²) in [6, 6.07) is 8.54. The Hall–Kier alpha value is -1.68. The molecule has 1 aromatic heterocycles. The van der Waals surface area contributed by atoms with E-state index in [1.54, 1.807) is 0 Å². The lowest BCUT2D eigenvalue weighted by Crippen LogP contribution is -2.04. The summed E-state index contributed by atoms with van der Waals surface area (Å²) in [6.45, 7) is 1.74. The van der Waals surface area contributed by atoms with Gasteiger partial charge in [0.25, 0.3) is 0 Å². The molecule has 0 amide bonds. The first-order valence-electron chi connectivity index (χ1n) is 7.10. The second kappa shape index (κ2) is 5.53. The molecule has 0 fully saturated rings. The third-order valence-corrected chi connectivity index (χ3v) is 3.75. The fraction of sp³-hybridized carbons (Fsp3) is 0.467. The highest BCUT2D eigenvalue weighted by atomic mass is 15.3. The topological polar surface area (TPSA) is 56.7 Å². The minimum Gasteiger partial charge on any atom is -0.330 e. The minimum atomic E-state index is 0.694. The van der Waals surface area contributed by atoms with Crippen LogP contribution in [0.1, 0.15) is 30.7 Å². The molecule has 0 radical (unpaired) electrons. The van der Waals surface area contributed by atoms with Crippen LogP contribution in [0.25, 0.3) is 11.4 Å². The largest absolute Gasteiger partial charge is 0.330 e. The van der Waals surface area contributed by atoms with Crippen LogP contribution in [0.5, 0.6) is 0 Å². The fourth-order valence-corrected chi connectivity index (χ4v) is 2.69. The molecule has 0 saturated carbocycles. The van der Waals surface area contributed by atoms with Gasteiger partial charge in [0.15, 0.2) is 5.82 Å². The van der Waals surface area contributed by atoms with Crippen molar-refractivity contribution in [3.8, 4) is 11.4 Å². The smallest absolute Gasteiger partial charge is 0.163 e. The Morgan fingerprint density at radius 3 is 2.68 bits per heavy atom. The second-order valence-corrected chi connectivity index (χ2v) is 5.14.